The van der Waals surface area contributed by atoms with Crippen molar-refractivity contribution in [3.8, 4) is 0 Å². The zero-order chi connectivity index (χ0) is 51.0. The molecule has 0 aromatic carbocycles. The summed E-state index contributed by atoms with van der Waals surface area (Å²) in [5, 5.41) is 0. The van der Waals surface area contributed by atoms with Crippen LogP contribution in [0.3, 0.4) is 0 Å². The Morgan fingerprint density at radius 1 is 0.443 bits per heavy atom. The molecule has 0 aliphatic carbocycles. The van der Waals surface area contributed by atoms with Crippen molar-refractivity contribution >= 4 is 19.8 Å². The Kier molecular flexibility index (Phi) is 54.2. The van der Waals surface area contributed by atoms with Crippen LogP contribution in [0.15, 0.2) is 60.8 Å². The Morgan fingerprint density at radius 3 is 1.17 bits per heavy atom. The fraction of sp³-hybridized carbons (Fsp3) is 0.800. The van der Waals surface area contributed by atoms with Gasteiger partial charge in [0.25, 0.3) is 0 Å². The van der Waals surface area contributed by atoms with Gasteiger partial charge in [-0.1, -0.05) is 267 Å². The lowest BCUT2D eigenvalue weighted by Gasteiger charge is -2.19. The highest BCUT2D eigenvalue weighted by atomic mass is 31.2. The van der Waals surface area contributed by atoms with Gasteiger partial charge in [0.2, 0.25) is 0 Å². The summed E-state index contributed by atoms with van der Waals surface area (Å²) in [4.78, 5) is 35.1. The van der Waals surface area contributed by atoms with Crippen molar-refractivity contribution in [2.24, 2.45) is 5.73 Å². The summed E-state index contributed by atoms with van der Waals surface area (Å²) in [6, 6.07) is 0. The van der Waals surface area contributed by atoms with E-state index in [1.807, 2.05) is 0 Å². The van der Waals surface area contributed by atoms with Crippen LogP contribution < -0.4 is 5.73 Å². The molecule has 0 spiro atoms. The summed E-state index contributed by atoms with van der Waals surface area (Å²) in [7, 11) is -4.38. The second kappa shape index (κ2) is 56.0. The Hall–Kier alpha value is -2.29. The first kappa shape index (κ1) is 67.7. The second-order valence-electron chi connectivity index (χ2n) is 19.5. The Bertz CT molecular complexity index is 1330. The molecule has 0 saturated carbocycles. The molecule has 0 radical (unpaired) electrons. The molecule has 0 saturated heterocycles. The molecule has 2 atom stereocenters. The monoisotopic (exact) mass is 1000 g/mol. The smallest absolute Gasteiger partial charge is 0.462 e. The average Bonchev–Trinajstić information content (AvgIpc) is 3.35. The Balaban J connectivity index is 3.84. The van der Waals surface area contributed by atoms with Gasteiger partial charge in [-0.05, 0) is 57.8 Å². The zero-order valence-electron chi connectivity index (χ0n) is 45.5. The molecule has 2 unspecified atom stereocenters. The second-order valence-corrected chi connectivity index (χ2v) is 20.9. The molecule has 9 nitrogen and oxygen atoms in total. The third-order valence-corrected chi connectivity index (χ3v) is 13.7. The molecule has 0 aromatic heterocycles. The number of allylic oxidation sites excluding steroid dienone is 10. The molecule has 0 aliphatic rings. The number of nitrogens with two attached hydrogens (primary N) is 1. The molecule has 0 bridgehead atoms. The van der Waals surface area contributed by atoms with Gasteiger partial charge in [0.15, 0.2) is 6.10 Å². The van der Waals surface area contributed by atoms with E-state index in [4.69, 9.17) is 24.3 Å². The maximum Gasteiger partial charge on any atom is 0.472 e. The van der Waals surface area contributed by atoms with Gasteiger partial charge < -0.3 is 20.1 Å². The number of phosphoric ester groups is 1. The molecule has 0 rings (SSSR count). The quantitative estimate of drug-likeness (QED) is 0.0264. The summed E-state index contributed by atoms with van der Waals surface area (Å²) in [5.41, 5.74) is 5.38. The van der Waals surface area contributed by atoms with Crippen LogP contribution in [0.4, 0.5) is 0 Å². The summed E-state index contributed by atoms with van der Waals surface area (Å²) < 4.78 is 33.0. The SMILES string of the molecule is CC/C=C\C/C=C\C/C=C\C/C=C\C/C=C\CCCCCCCCCCCCCCCCCCCCCC(=O)OC(COC(=O)CCCCCCCCCCCCCCCC)COP(=O)(O)OCCN. The van der Waals surface area contributed by atoms with Crippen molar-refractivity contribution in [2.45, 2.75) is 283 Å². The first-order valence-corrected chi connectivity index (χ1v) is 30.8. The highest BCUT2D eigenvalue weighted by molar-refractivity contribution is 7.47. The van der Waals surface area contributed by atoms with E-state index in [1.165, 1.54) is 180 Å². The van der Waals surface area contributed by atoms with Crippen LogP contribution in [0.1, 0.15) is 277 Å². The predicted octanol–water partition coefficient (Wildman–Crippen LogP) is 18.3. The van der Waals surface area contributed by atoms with E-state index >= 15 is 0 Å². The molecule has 0 aliphatic heterocycles. The van der Waals surface area contributed by atoms with Crippen molar-refractivity contribution in [3.63, 3.8) is 0 Å². The minimum Gasteiger partial charge on any atom is -0.462 e. The summed E-state index contributed by atoms with van der Waals surface area (Å²) in [6.45, 7) is 3.66. The number of hydrogen-bond donors (Lipinski definition) is 2. The molecular weight excluding hydrogens is 894 g/mol. The van der Waals surface area contributed by atoms with Crippen LogP contribution in [0.2, 0.25) is 0 Å². The van der Waals surface area contributed by atoms with Crippen molar-refractivity contribution in [1.82, 2.24) is 0 Å². The van der Waals surface area contributed by atoms with Gasteiger partial charge >= 0.3 is 19.8 Å². The van der Waals surface area contributed by atoms with Crippen LogP contribution in [-0.4, -0.2) is 49.3 Å². The lowest BCUT2D eigenvalue weighted by atomic mass is 10.0. The lowest BCUT2D eigenvalue weighted by molar-refractivity contribution is -0.161. The normalized spacial score (nSPS) is 13.5. The molecule has 10 heteroatoms. The fourth-order valence-electron chi connectivity index (χ4n) is 8.37. The first-order chi connectivity index (χ1) is 34.3. The standard InChI is InChI=1S/C60H110NO8P/c1-3-5-7-9-11-13-15-17-19-20-21-22-23-24-25-26-27-28-29-30-31-32-33-34-35-36-37-38-39-41-43-45-47-49-51-53-60(63)69-58(57-68-70(64,65)67-55-54-61)56-66-59(62)52-50-48-46-44-42-40-18-16-14-12-10-8-6-4-2/h5,7,11,13,17,19,21-22,24-25,58H,3-4,6,8-10,12,14-16,18,20,23,26-57,61H2,1-2H3,(H,64,65)/b7-5-,13-11-,19-17-,22-21-,25-24-. The minimum atomic E-state index is -4.38. The number of carbonyl (C=O) groups excluding carboxylic acids is 2. The van der Waals surface area contributed by atoms with E-state index in [1.54, 1.807) is 0 Å². The molecule has 0 aromatic rings. The van der Waals surface area contributed by atoms with Gasteiger partial charge in [-0.3, -0.25) is 18.6 Å². The van der Waals surface area contributed by atoms with Crippen molar-refractivity contribution in [1.29, 1.82) is 0 Å². The minimum absolute atomic E-state index is 0.0548. The van der Waals surface area contributed by atoms with Crippen LogP contribution in [0.25, 0.3) is 0 Å². The van der Waals surface area contributed by atoms with Crippen molar-refractivity contribution in [2.75, 3.05) is 26.4 Å². The molecule has 70 heavy (non-hydrogen) atoms. The number of phosphoric acid groups is 1. The summed E-state index contributed by atoms with van der Waals surface area (Å²) in [5.74, 6) is -0.815. The number of hydrogen-bond acceptors (Lipinski definition) is 8. The Labute approximate surface area is 431 Å². The van der Waals surface area contributed by atoms with E-state index in [9.17, 15) is 19.0 Å². The number of ether oxygens (including phenoxy) is 2. The van der Waals surface area contributed by atoms with Crippen LogP contribution in [0, 0.1) is 0 Å². The van der Waals surface area contributed by atoms with Crippen molar-refractivity contribution < 1.29 is 37.6 Å². The maximum absolute atomic E-state index is 12.7. The van der Waals surface area contributed by atoms with Gasteiger partial charge in [0.05, 0.1) is 13.2 Å². The molecule has 0 heterocycles. The van der Waals surface area contributed by atoms with Crippen LogP contribution in [-0.2, 0) is 32.7 Å². The van der Waals surface area contributed by atoms with E-state index in [0.717, 1.165) is 64.2 Å². The highest BCUT2D eigenvalue weighted by Gasteiger charge is 2.26. The Morgan fingerprint density at radius 2 is 0.786 bits per heavy atom. The topological polar surface area (TPSA) is 134 Å². The van der Waals surface area contributed by atoms with E-state index in [-0.39, 0.29) is 38.6 Å². The first-order valence-electron chi connectivity index (χ1n) is 29.3. The highest BCUT2D eigenvalue weighted by Crippen LogP contribution is 2.43. The average molecular weight is 1000 g/mol. The van der Waals surface area contributed by atoms with Crippen molar-refractivity contribution in [3.05, 3.63) is 60.8 Å². The number of carbonyl (C=O) groups is 2. The largest absolute Gasteiger partial charge is 0.472 e. The van der Waals surface area contributed by atoms with Gasteiger partial charge in [0, 0.05) is 19.4 Å². The van der Waals surface area contributed by atoms with Gasteiger partial charge in [0.1, 0.15) is 6.61 Å². The van der Waals surface area contributed by atoms with Crippen LogP contribution >= 0.6 is 7.82 Å². The van der Waals surface area contributed by atoms with Gasteiger partial charge in [-0.2, -0.15) is 0 Å². The fourth-order valence-corrected chi connectivity index (χ4v) is 9.14. The van der Waals surface area contributed by atoms with E-state index < -0.39 is 26.5 Å². The number of unbranched alkanes of at least 4 members (excludes halogenated alkanes) is 32. The molecular formula is C60H110NO8P. The van der Waals surface area contributed by atoms with E-state index in [2.05, 4.69) is 74.6 Å². The molecule has 408 valence electrons. The third kappa shape index (κ3) is 55.0. The van der Waals surface area contributed by atoms with Crippen LogP contribution in [0.5, 0.6) is 0 Å². The third-order valence-electron chi connectivity index (χ3n) is 12.7. The zero-order valence-corrected chi connectivity index (χ0v) is 46.4. The predicted molar refractivity (Wildman–Crippen MR) is 298 cm³/mol. The van der Waals surface area contributed by atoms with Gasteiger partial charge in [-0.15, -0.1) is 0 Å². The summed E-state index contributed by atoms with van der Waals surface area (Å²) in [6.07, 6.45) is 70.0. The van der Waals surface area contributed by atoms with E-state index in [0.29, 0.717) is 6.42 Å². The van der Waals surface area contributed by atoms with Gasteiger partial charge in [-0.25, -0.2) is 4.57 Å². The molecule has 0 amide bonds. The number of rotatable bonds is 55. The maximum atomic E-state index is 12.7. The molecule has 3 N–H and O–H groups in total. The summed E-state index contributed by atoms with van der Waals surface area (Å²) >= 11 is 0. The lowest BCUT2D eigenvalue weighted by Crippen LogP contribution is -2.29. The molecule has 0 fully saturated rings. The number of esters is 2.